The van der Waals surface area contributed by atoms with Crippen LogP contribution >= 0.6 is 35.0 Å². The molecule has 8 heteroatoms. The summed E-state index contributed by atoms with van der Waals surface area (Å²) < 4.78 is 0. The Bertz CT molecular complexity index is 619. The van der Waals surface area contributed by atoms with Crippen LogP contribution in [-0.2, 0) is 4.79 Å². The highest BCUT2D eigenvalue weighted by atomic mass is 35.5. The van der Waals surface area contributed by atoms with E-state index in [-0.39, 0.29) is 11.3 Å². The highest BCUT2D eigenvalue weighted by Gasteiger charge is 2.35. The third-order valence-electron chi connectivity index (χ3n) is 2.73. The molecule has 0 spiro atoms. The molecule has 1 fully saturated rings. The van der Waals surface area contributed by atoms with Crippen LogP contribution in [0.3, 0.4) is 0 Å². The Morgan fingerprint density at radius 3 is 2.89 bits per heavy atom. The smallest absolute Gasteiger partial charge is 0.240 e. The Hall–Kier alpha value is -1.24. The normalized spacial score (nSPS) is 19.2. The molecule has 98 valence electrons. The fraction of sp³-hybridized carbons (Fsp3) is 0.182. The van der Waals surface area contributed by atoms with Crippen molar-refractivity contribution >= 4 is 46.8 Å². The number of aromatic amines is 1. The molecule has 1 atom stereocenters. The second-order valence-electron chi connectivity index (χ2n) is 3.91. The van der Waals surface area contributed by atoms with Gasteiger partial charge in [0.05, 0.1) is 15.8 Å². The average Bonchev–Trinajstić information content (AvgIpc) is 3.01. The fourth-order valence-corrected chi connectivity index (χ4v) is 3.33. The number of hydrogen-bond donors (Lipinski definition) is 1. The first kappa shape index (κ1) is 12.8. The minimum Gasteiger partial charge on any atom is -0.273 e. The van der Waals surface area contributed by atoms with E-state index in [4.69, 9.17) is 23.2 Å². The summed E-state index contributed by atoms with van der Waals surface area (Å²) in [6.45, 7) is 0. The Labute approximate surface area is 123 Å². The van der Waals surface area contributed by atoms with Gasteiger partial charge >= 0.3 is 0 Å². The summed E-state index contributed by atoms with van der Waals surface area (Å²) >= 11 is 13.4. The van der Waals surface area contributed by atoms with E-state index in [1.807, 2.05) is 6.07 Å². The van der Waals surface area contributed by atoms with E-state index >= 15 is 0 Å². The maximum absolute atomic E-state index is 12.0. The van der Waals surface area contributed by atoms with Gasteiger partial charge in [0, 0.05) is 0 Å². The summed E-state index contributed by atoms with van der Waals surface area (Å²) in [7, 11) is 0. The number of carbonyl (C=O) groups is 1. The molecule has 1 aromatic heterocycles. The van der Waals surface area contributed by atoms with E-state index in [0.717, 1.165) is 5.56 Å². The lowest BCUT2D eigenvalue weighted by molar-refractivity contribution is -0.115. The van der Waals surface area contributed by atoms with Crippen molar-refractivity contribution in [1.82, 2.24) is 15.2 Å². The number of halogens is 2. The molecule has 3 rings (SSSR count). The van der Waals surface area contributed by atoms with Crippen molar-refractivity contribution in [3.8, 4) is 0 Å². The number of thioether (sulfide) groups is 1. The first-order valence-corrected chi connectivity index (χ1v) is 7.21. The van der Waals surface area contributed by atoms with E-state index in [2.05, 4.69) is 15.2 Å². The number of hydrogen-bond acceptors (Lipinski definition) is 4. The van der Waals surface area contributed by atoms with Crippen LogP contribution in [0.15, 0.2) is 24.5 Å². The first-order chi connectivity index (χ1) is 9.16. The molecule has 5 nitrogen and oxygen atoms in total. The van der Waals surface area contributed by atoms with E-state index in [1.54, 1.807) is 17.0 Å². The Morgan fingerprint density at radius 2 is 2.21 bits per heavy atom. The molecule has 1 aliphatic rings. The van der Waals surface area contributed by atoms with Crippen molar-refractivity contribution in [2.75, 3.05) is 10.7 Å². The predicted octanol–water partition coefficient (Wildman–Crippen LogP) is 2.89. The minimum atomic E-state index is -0.171. The van der Waals surface area contributed by atoms with Crippen LogP contribution in [0.5, 0.6) is 0 Å². The van der Waals surface area contributed by atoms with Gasteiger partial charge in [-0.1, -0.05) is 29.3 Å². The zero-order valence-corrected chi connectivity index (χ0v) is 11.8. The molecule has 2 heterocycles. The average molecular weight is 315 g/mol. The van der Waals surface area contributed by atoms with Gasteiger partial charge in [-0.3, -0.25) is 9.69 Å². The number of aromatic nitrogens is 3. The molecule has 1 aliphatic heterocycles. The van der Waals surface area contributed by atoms with Crippen molar-refractivity contribution in [2.24, 2.45) is 0 Å². The van der Waals surface area contributed by atoms with E-state index < -0.39 is 0 Å². The molecule has 2 aromatic rings. The van der Waals surface area contributed by atoms with E-state index in [9.17, 15) is 4.79 Å². The molecule has 1 amide bonds. The van der Waals surface area contributed by atoms with Crippen molar-refractivity contribution < 1.29 is 4.79 Å². The molecule has 0 saturated carbocycles. The van der Waals surface area contributed by atoms with Gasteiger partial charge in [0.15, 0.2) is 0 Å². The summed E-state index contributed by atoms with van der Waals surface area (Å²) in [5, 5.41) is 7.27. The lowest BCUT2D eigenvalue weighted by Crippen LogP contribution is -2.28. The fourth-order valence-electron chi connectivity index (χ4n) is 1.88. The highest BCUT2D eigenvalue weighted by Crippen LogP contribution is 2.41. The topological polar surface area (TPSA) is 61.9 Å². The van der Waals surface area contributed by atoms with Crippen LogP contribution in [-0.4, -0.2) is 26.8 Å². The minimum absolute atomic E-state index is 0.0159. The van der Waals surface area contributed by atoms with Crippen LogP contribution in [0, 0.1) is 0 Å². The molecular formula is C11H8Cl2N4OS. The lowest BCUT2D eigenvalue weighted by Gasteiger charge is -2.21. The zero-order valence-electron chi connectivity index (χ0n) is 9.51. The van der Waals surface area contributed by atoms with Crippen LogP contribution in [0.25, 0.3) is 0 Å². The SMILES string of the molecule is O=C1CSC(c2ccc(Cl)c(Cl)c2)N1c1ncn[nH]1. The summed E-state index contributed by atoms with van der Waals surface area (Å²) in [6.07, 6.45) is 1.37. The monoisotopic (exact) mass is 314 g/mol. The van der Waals surface area contributed by atoms with Crippen LogP contribution in [0.2, 0.25) is 10.0 Å². The van der Waals surface area contributed by atoms with Crippen LogP contribution in [0.4, 0.5) is 5.95 Å². The number of H-pyrrole nitrogens is 1. The number of carbonyl (C=O) groups excluding carboxylic acids is 1. The second kappa shape index (κ2) is 5.03. The molecule has 0 aliphatic carbocycles. The van der Waals surface area contributed by atoms with Crippen LogP contribution in [0.1, 0.15) is 10.9 Å². The number of rotatable bonds is 2. The molecule has 1 N–H and O–H groups in total. The number of nitrogens with zero attached hydrogens (tertiary/aromatic N) is 3. The number of anilines is 1. The van der Waals surface area contributed by atoms with Gasteiger partial charge in [-0.15, -0.1) is 11.8 Å². The van der Waals surface area contributed by atoms with E-state index in [1.165, 1.54) is 18.1 Å². The van der Waals surface area contributed by atoms with E-state index in [0.29, 0.717) is 21.7 Å². The van der Waals surface area contributed by atoms with Gasteiger partial charge in [-0.05, 0) is 17.7 Å². The zero-order chi connectivity index (χ0) is 13.4. The number of amides is 1. The maximum atomic E-state index is 12.0. The van der Waals surface area contributed by atoms with Crippen molar-refractivity contribution in [3.63, 3.8) is 0 Å². The lowest BCUT2D eigenvalue weighted by atomic mass is 10.2. The molecule has 0 radical (unpaired) electrons. The Balaban J connectivity index is 1.99. The highest BCUT2D eigenvalue weighted by molar-refractivity contribution is 8.00. The van der Waals surface area contributed by atoms with Gasteiger partial charge in [0.25, 0.3) is 0 Å². The largest absolute Gasteiger partial charge is 0.273 e. The van der Waals surface area contributed by atoms with Gasteiger partial charge in [0.2, 0.25) is 11.9 Å². The predicted molar refractivity (Wildman–Crippen MR) is 75.5 cm³/mol. The molecule has 1 saturated heterocycles. The number of nitrogens with one attached hydrogen (secondary N) is 1. The summed E-state index contributed by atoms with van der Waals surface area (Å²) in [5.74, 6) is 0.815. The molecular weight excluding hydrogens is 307 g/mol. The third-order valence-corrected chi connectivity index (χ3v) is 4.68. The van der Waals surface area contributed by atoms with Crippen molar-refractivity contribution in [3.05, 3.63) is 40.1 Å². The first-order valence-electron chi connectivity index (χ1n) is 5.41. The van der Waals surface area contributed by atoms with Gasteiger partial charge in [-0.2, -0.15) is 10.1 Å². The third kappa shape index (κ3) is 2.31. The molecule has 1 unspecified atom stereocenters. The second-order valence-corrected chi connectivity index (χ2v) is 5.79. The van der Waals surface area contributed by atoms with Crippen molar-refractivity contribution in [2.45, 2.75) is 5.37 Å². The summed E-state index contributed by atoms with van der Waals surface area (Å²) in [4.78, 5) is 17.6. The van der Waals surface area contributed by atoms with Gasteiger partial charge in [0.1, 0.15) is 11.7 Å². The quantitative estimate of drug-likeness (QED) is 0.925. The summed E-state index contributed by atoms with van der Waals surface area (Å²) in [6, 6.07) is 5.35. The standard InChI is InChI=1S/C11H8Cl2N4OS/c12-7-2-1-6(3-8(7)13)10-17(9(18)4-19-10)11-14-5-15-16-11/h1-3,5,10H,4H2,(H,14,15,16). The Kier molecular flexibility index (Phi) is 3.38. The molecule has 19 heavy (non-hydrogen) atoms. The van der Waals surface area contributed by atoms with Gasteiger partial charge < -0.3 is 0 Å². The maximum Gasteiger partial charge on any atom is 0.240 e. The molecule has 0 bridgehead atoms. The molecule has 1 aromatic carbocycles. The summed E-state index contributed by atoms with van der Waals surface area (Å²) in [5.41, 5.74) is 0.904. The van der Waals surface area contributed by atoms with Gasteiger partial charge in [-0.25, -0.2) is 5.10 Å². The number of benzene rings is 1. The van der Waals surface area contributed by atoms with Crippen molar-refractivity contribution in [1.29, 1.82) is 0 Å². The Morgan fingerprint density at radius 1 is 1.37 bits per heavy atom. The van der Waals surface area contributed by atoms with Crippen LogP contribution < -0.4 is 4.90 Å².